The van der Waals surface area contributed by atoms with Crippen LogP contribution in [0.2, 0.25) is 0 Å². The fraction of sp³-hybridized carbons (Fsp3) is 0.800. The highest BCUT2D eigenvalue weighted by molar-refractivity contribution is 5.69. The molecule has 0 unspecified atom stereocenters. The van der Waals surface area contributed by atoms with Crippen LogP contribution in [0.15, 0.2) is 24.3 Å². The number of aryl methyl sites for hydroxylation is 1. The Hall–Kier alpha value is -1.79. The van der Waals surface area contributed by atoms with Gasteiger partial charge in [0.25, 0.3) is 0 Å². The quantitative estimate of drug-likeness (QED) is 0.0707. The summed E-state index contributed by atoms with van der Waals surface area (Å²) in [7, 11) is 0. The lowest BCUT2D eigenvalue weighted by Gasteiger charge is -2.19. The lowest BCUT2D eigenvalue weighted by Crippen LogP contribution is -2.24. The monoisotopic (exact) mass is 642 g/mol. The molecule has 0 aliphatic carbocycles. The molecule has 0 amide bonds. The second kappa shape index (κ2) is 29.6. The van der Waals surface area contributed by atoms with Crippen molar-refractivity contribution >= 4 is 5.97 Å². The molecule has 1 rings (SSSR count). The van der Waals surface area contributed by atoms with Crippen LogP contribution < -0.4 is 4.74 Å². The number of carbonyl (C=O) groups excluding carboxylic acids is 1. The van der Waals surface area contributed by atoms with E-state index in [0.29, 0.717) is 99.1 Å². The number of unbranched alkanes of at least 4 members (excludes halogenated alkanes) is 5. The zero-order valence-corrected chi connectivity index (χ0v) is 28.7. The lowest BCUT2D eigenvalue weighted by molar-refractivity contribution is -0.156. The maximum atomic E-state index is 11.6. The van der Waals surface area contributed by atoms with Crippen LogP contribution >= 0.6 is 0 Å². The van der Waals surface area contributed by atoms with E-state index < -0.39 is 5.60 Å². The standard InChI is InChI=1S/C35H62O10/c1-5-6-7-8-9-10-11-32-12-14-33(15-13-32)44-31-30-43-29-28-42-27-26-41-25-24-40-23-22-39-21-20-38-19-18-37-17-16-34(36)45-35(2,3)4/h12-15H,5-11,16-31H2,1-4H3. The molecule has 0 heterocycles. The molecular weight excluding hydrogens is 580 g/mol. The summed E-state index contributed by atoms with van der Waals surface area (Å²) in [5.41, 5.74) is 0.907. The molecule has 0 atom stereocenters. The van der Waals surface area contributed by atoms with E-state index in [1.54, 1.807) is 0 Å². The molecule has 0 aromatic heterocycles. The van der Waals surface area contributed by atoms with E-state index in [1.165, 1.54) is 44.1 Å². The Bertz CT molecular complexity index is 782. The molecule has 262 valence electrons. The van der Waals surface area contributed by atoms with Gasteiger partial charge in [0.15, 0.2) is 0 Å². The second-order valence-corrected chi connectivity index (χ2v) is 11.6. The Morgan fingerprint density at radius 3 is 1.38 bits per heavy atom. The van der Waals surface area contributed by atoms with Crippen LogP contribution in [-0.2, 0) is 49.1 Å². The summed E-state index contributed by atoms with van der Waals surface area (Å²) in [5.74, 6) is 0.623. The fourth-order valence-electron chi connectivity index (χ4n) is 4.05. The summed E-state index contributed by atoms with van der Waals surface area (Å²) in [4.78, 5) is 11.6. The smallest absolute Gasteiger partial charge is 0.308 e. The van der Waals surface area contributed by atoms with Crippen LogP contribution in [0.1, 0.15) is 78.2 Å². The van der Waals surface area contributed by atoms with Crippen molar-refractivity contribution < 1.29 is 47.4 Å². The van der Waals surface area contributed by atoms with Crippen LogP contribution in [0.5, 0.6) is 5.75 Å². The SMILES string of the molecule is CCCCCCCCc1ccc(OCCOCCOCCOCCOCCOCCOCCOCCC(=O)OC(C)(C)C)cc1. The first-order valence-electron chi connectivity index (χ1n) is 16.9. The minimum absolute atomic E-state index is 0.237. The van der Waals surface area contributed by atoms with E-state index in [-0.39, 0.29) is 12.4 Å². The summed E-state index contributed by atoms with van der Waals surface area (Å²) in [6.07, 6.45) is 9.32. The Balaban J connectivity index is 1.74. The maximum Gasteiger partial charge on any atom is 0.308 e. The number of ether oxygens (including phenoxy) is 9. The van der Waals surface area contributed by atoms with Crippen molar-refractivity contribution in [3.8, 4) is 5.75 Å². The van der Waals surface area contributed by atoms with Gasteiger partial charge >= 0.3 is 5.97 Å². The third kappa shape index (κ3) is 29.4. The third-order valence-corrected chi connectivity index (χ3v) is 6.34. The van der Waals surface area contributed by atoms with Crippen molar-refractivity contribution in [3.05, 3.63) is 29.8 Å². The van der Waals surface area contributed by atoms with E-state index in [2.05, 4.69) is 19.1 Å². The van der Waals surface area contributed by atoms with E-state index in [4.69, 9.17) is 42.6 Å². The minimum Gasteiger partial charge on any atom is -0.491 e. The van der Waals surface area contributed by atoms with Gasteiger partial charge in [-0.05, 0) is 51.3 Å². The molecule has 10 heteroatoms. The number of hydrogen-bond acceptors (Lipinski definition) is 10. The number of rotatable bonds is 32. The predicted molar refractivity (Wildman–Crippen MR) is 175 cm³/mol. The van der Waals surface area contributed by atoms with Gasteiger partial charge in [0.05, 0.1) is 98.9 Å². The number of esters is 1. The largest absolute Gasteiger partial charge is 0.491 e. The average molecular weight is 643 g/mol. The molecule has 0 aliphatic heterocycles. The molecule has 0 aliphatic rings. The molecule has 0 saturated heterocycles. The van der Waals surface area contributed by atoms with Crippen LogP contribution in [-0.4, -0.2) is 111 Å². The molecule has 10 nitrogen and oxygen atoms in total. The Kier molecular flexibility index (Phi) is 27.1. The van der Waals surface area contributed by atoms with Crippen molar-refractivity contribution in [1.82, 2.24) is 0 Å². The maximum absolute atomic E-state index is 11.6. The van der Waals surface area contributed by atoms with Gasteiger partial charge in [0.2, 0.25) is 0 Å². The van der Waals surface area contributed by atoms with E-state index in [9.17, 15) is 4.79 Å². The topological polar surface area (TPSA) is 100 Å². The first-order chi connectivity index (χ1) is 21.9. The van der Waals surface area contributed by atoms with Crippen molar-refractivity contribution in [3.63, 3.8) is 0 Å². The molecular formula is C35H62O10. The van der Waals surface area contributed by atoms with Crippen LogP contribution in [0.3, 0.4) is 0 Å². The minimum atomic E-state index is -0.469. The van der Waals surface area contributed by atoms with Crippen molar-refractivity contribution in [1.29, 1.82) is 0 Å². The summed E-state index contributed by atoms with van der Waals surface area (Å²) < 4.78 is 49.3. The molecule has 1 aromatic rings. The second-order valence-electron chi connectivity index (χ2n) is 11.6. The Morgan fingerprint density at radius 1 is 0.533 bits per heavy atom. The number of carbonyl (C=O) groups is 1. The van der Waals surface area contributed by atoms with Crippen LogP contribution in [0, 0.1) is 0 Å². The van der Waals surface area contributed by atoms with Gasteiger partial charge in [0.1, 0.15) is 18.0 Å². The Labute approximate surface area is 272 Å². The first kappa shape index (κ1) is 41.2. The molecule has 1 aromatic carbocycles. The number of hydrogen-bond donors (Lipinski definition) is 0. The highest BCUT2D eigenvalue weighted by Crippen LogP contribution is 2.15. The van der Waals surface area contributed by atoms with Crippen molar-refractivity contribution in [2.75, 3.05) is 99.1 Å². The molecule has 0 spiro atoms. The van der Waals surface area contributed by atoms with Gasteiger partial charge < -0.3 is 42.6 Å². The number of benzene rings is 1. The summed E-state index contributed by atoms with van der Waals surface area (Å²) in [6.45, 7) is 15.1. The van der Waals surface area contributed by atoms with Crippen molar-refractivity contribution in [2.45, 2.75) is 84.7 Å². The lowest BCUT2D eigenvalue weighted by atomic mass is 10.0. The van der Waals surface area contributed by atoms with E-state index in [1.807, 2.05) is 32.9 Å². The highest BCUT2D eigenvalue weighted by atomic mass is 16.6. The first-order valence-corrected chi connectivity index (χ1v) is 16.9. The van der Waals surface area contributed by atoms with E-state index in [0.717, 1.165) is 12.2 Å². The average Bonchev–Trinajstić information content (AvgIpc) is 3.00. The Morgan fingerprint density at radius 2 is 0.933 bits per heavy atom. The molecule has 0 N–H and O–H groups in total. The van der Waals surface area contributed by atoms with Gasteiger partial charge in [-0.2, -0.15) is 0 Å². The summed E-state index contributed by atoms with van der Waals surface area (Å²) in [6, 6.07) is 8.42. The van der Waals surface area contributed by atoms with Gasteiger partial charge in [-0.3, -0.25) is 4.79 Å². The fourth-order valence-corrected chi connectivity index (χ4v) is 4.05. The zero-order chi connectivity index (χ0) is 32.7. The molecule has 0 bridgehead atoms. The van der Waals surface area contributed by atoms with E-state index >= 15 is 0 Å². The van der Waals surface area contributed by atoms with Crippen LogP contribution in [0.4, 0.5) is 0 Å². The van der Waals surface area contributed by atoms with Crippen molar-refractivity contribution in [2.24, 2.45) is 0 Å². The van der Waals surface area contributed by atoms with Gasteiger partial charge in [0, 0.05) is 0 Å². The third-order valence-electron chi connectivity index (χ3n) is 6.34. The van der Waals surface area contributed by atoms with Gasteiger partial charge in [-0.15, -0.1) is 0 Å². The summed E-state index contributed by atoms with van der Waals surface area (Å²) >= 11 is 0. The molecule has 0 fully saturated rings. The molecule has 0 radical (unpaired) electrons. The van der Waals surface area contributed by atoms with Crippen LogP contribution in [0.25, 0.3) is 0 Å². The summed E-state index contributed by atoms with van der Waals surface area (Å²) in [5, 5.41) is 0. The predicted octanol–water partition coefficient (Wildman–Crippen LogP) is 5.82. The zero-order valence-electron chi connectivity index (χ0n) is 28.7. The highest BCUT2D eigenvalue weighted by Gasteiger charge is 2.15. The van der Waals surface area contributed by atoms with Gasteiger partial charge in [-0.1, -0.05) is 51.2 Å². The van der Waals surface area contributed by atoms with Gasteiger partial charge in [-0.25, -0.2) is 0 Å². The normalized spacial score (nSPS) is 11.6. The molecule has 0 saturated carbocycles. The molecule has 45 heavy (non-hydrogen) atoms.